The average molecular weight is 589 g/mol. The minimum atomic E-state index is -0.348. The molecule has 4 aromatic rings. The second-order valence-electron chi connectivity index (χ2n) is 9.82. The maximum absolute atomic E-state index is 12.2. The van der Waals surface area contributed by atoms with E-state index >= 15 is 0 Å². The molecular formula is C31H33ClN6O4. The zero-order valence-electron chi connectivity index (χ0n) is 23.4. The van der Waals surface area contributed by atoms with Crippen molar-refractivity contribution < 1.29 is 19.0 Å². The molecule has 0 unspecified atom stereocenters. The van der Waals surface area contributed by atoms with E-state index in [-0.39, 0.29) is 5.91 Å². The number of ether oxygens (including phenoxy) is 3. The summed E-state index contributed by atoms with van der Waals surface area (Å²) in [4.78, 5) is 27.8. The molecule has 0 radical (unpaired) electrons. The summed E-state index contributed by atoms with van der Waals surface area (Å²) in [5.41, 5.74) is 3.60. The molecule has 1 saturated heterocycles. The van der Waals surface area contributed by atoms with Crippen molar-refractivity contribution in [2.75, 3.05) is 43.7 Å². The Bertz CT molecular complexity index is 1560. The van der Waals surface area contributed by atoms with Gasteiger partial charge in [-0.3, -0.25) is 14.7 Å². The van der Waals surface area contributed by atoms with Crippen molar-refractivity contribution >= 4 is 45.6 Å². The van der Waals surface area contributed by atoms with E-state index in [1.54, 1.807) is 24.3 Å². The van der Waals surface area contributed by atoms with Gasteiger partial charge < -0.3 is 24.8 Å². The van der Waals surface area contributed by atoms with Gasteiger partial charge in [0.1, 0.15) is 30.3 Å². The van der Waals surface area contributed by atoms with E-state index in [4.69, 9.17) is 25.8 Å². The highest BCUT2D eigenvalue weighted by Crippen LogP contribution is 2.35. The molecule has 1 amide bonds. The molecule has 218 valence electrons. The first-order valence-electron chi connectivity index (χ1n) is 13.8. The van der Waals surface area contributed by atoms with Crippen LogP contribution in [0.1, 0.15) is 24.2 Å². The van der Waals surface area contributed by atoms with Gasteiger partial charge in [0, 0.05) is 42.5 Å². The lowest BCUT2D eigenvalue weighted by atomic mass is 10.1. The molecule has 10 nitrogen and oxygen atoms in total. The van der Waals surface area contributed by atoms with Crippen molar-refractivity contribution in [3.05, 3.63) is 83.9 Å². The molecule has 3 heterocycles. The van der Waals surface area contributed by atoms with Crippen LogP contribution in [0.15, 0.2) is 67.5 Å². The molecule has 1 aliphatic rings. The van der Waals surface area contributed by atoms with Crippen LogP contribution in [0.5, 0.6) is 11.5 Å². The summed E-state index contributed by atoms with van der Waals surface area (Å²) < 4.78 is 17.5. The number of rotatable bonds is 12. The van der Waals surface area contributed by atoms with E-state index in [0.29, 0.717) is 64.6 Å². The number of benzene rings is 2. The van der Waals surface area contributed by atoms with Crippen LogP contribution >= 0.6 is 11.6 Å². The molecule has 2 aromatic carbocycles. The largest absolute Gasteiger partial charge is 0.491 e. The highest BCUT2D eigenvalue weighted by molar-refractivity contribution is 6.32. The first-order valence-corrected chi connectivity index (χ1v) is 14.1. The lowest BCUT2D eigenvalue weighted by Gasteiger charge is -2.26. The van der Waals surface area contributed by atoms with Gasteiger partial charge in [-0.1, -0.05) is 24.2 Å². The molecule has 1 aliphatic heterocycles. The molecule has 11 heteroatoms. The number of nitrogens with one attached hydrogen (secondary N) is 2. The van der Waals surface area contributed by atoms with Gasteiger partial charge in [-0.15, -0.1) is 0 Å². The fourth-order valence-corrected chi connectivity index (χ4v) is 4.78. The Morgan fingerprint density at radius 1 is 1.17 bits per heavy atom. The van der Waals surface area contributed by atoms with Crippen LogP contribution in [-0.4, -0.2) is 58.8 Å². The van der Waals surface area contributed by atoms with E-state index in [1.165, 1.54) is 12.4 Å². The van der Waals surface area contributed by atoms with Crippen LogP contribution in [-0.2, 0) is 16.1 Å². The number of hydrogen-bond acceptors (Lipinski definition) is 9. The fourth-order valence-electron chi connectivity index (χ4n) is 4.54. The number of carbonyl (C=O) groups is 1. The fraction of sp³-hybridized carbons (Fsp3) is 0.290. The van der Waals surface area contributed by atoms with Gasteiger partial charge in [-0.05, 0) is 62.2 Å². The van der Waals surface area contributed by atoms with Crippen LogP contribution in [0, 0.1) is 6.92 Å². The van der Waals surface area contributed by atoms with Gasteiger partial charge in [-0.25, -0.2) is 9.97 Å². The first kappa shape index (κ1) is 29.2. The highest BCUT2D eigenvalue weighted by atomic mass is 35.5. The lowest BCUT2D eigenvalue weighted by Crippen LogP contribution is -2.34. The van der Waals surface area contributed by atoms with E-state index < -0.39 is 0 Å². The predicted octanol–water partition coefficient (Wildman–Crippen LogP) is 5.88. The van der Waals surface area contributed by atoms with E-state index in [1.807, 2.05) is 31.2 Å². The quantitative estimate of drug-likeness (QED) is 0.155. The molecule has 42 heavy (non-hydrogen) atoms. The third-order valence-corrected chi connectivity index (χ3v) is 6.90. The van der Waals surface area contributed by atoms with Gasteiger partial charge in [0.2, 0.25) is 5.91 Å². The van der Waals surface area contributed by atoms with Crippen molar-refractivity contribution in [3.8, 4) is 11.5 Å². The second kappa shape index (κ2) is 14.1. The van der Waals surface area contributed by atoms with Crippen LogP contribution in [0.25, 0.3) is 10.9 Å². The Balaban J connectivity index is 1.31. The maximum atomic E-state index is 12.2. The summed E-state index contributed by atoms with van der Waals surface area (Å²) in [6.45, 7) is 9.64. The van der Waals surface area contributed by atoms with Crippen molar-refractivity contribution in [1.82, 2.24) is 19.9 Å². The SMILES string of the molecule is C=CC(=O)Nc1cc2c(Nc3ccc(OCc4cccc(C)n4)c(Cl)c3)ncnc2cc1OCCCN1CCCOC1. The van der Waals surface area contributed by atoms with Crippen molar-refractivity contribution in [2.24, 2.45) is 0 Å². The Kier molecular flexibility index (Phi) is 9.81. The van der Waals surface area contributed by atoms with Crippen LogP contribution in [0.4, 0.5) is 17.2 Å². The summed E-state index contributed by atoms with van der Waals surface area (Å²) >= 11 is 6.54. The number of halogens is 1. The summed E-state index contributed by atoms with van der Waals surface area (Å²) in [6.07, 6.45) is 4.54. The summed E-state index contributed by atoms with van der Waals surface area (Å²) in [5.74, 6) is 1.26. The number of fused-ring (bicyclic) bond motifs is 1. The standard InChI is InChI=1S/C31H33ClN6O4/c1-3-30(39)37-27-16-24-26(17-29(27)41-14-6-12-38-11-5-13-40-20-38)33-19-34-31(24)36-22-9-10-28(25(32)15-22)42-18-23-8-4-7-21(2)35-23/h3-4,7-10,15-17,19H,1,5-6,11-14,18,20H2,2H3,(H,37,39)(H,33,34,36). The number of hydrogen-bond donors (Lipinski definition) is 2. The zero-order valence-corrected chi connectivity index (χ0v) is 24.2. The van der Waals surface area contributed by atoms with E-state index in [2.05, 4.69) is 37.1 Å². The van der Waals surface area contributed by atoms with Crippen LogP contribution in [0.2, 0.25) is 5.02 Å². The molecular weight excluding hydrogens is 556 g/mol. The molecule has 5 rings (SSSR count). The number of aromatic nitrogens is 3. The minimum absolute atomic E-state index is 0.307. The summed E-state index contributed by atoms with van der Waals surface area (Å²) in [6, 6.07) is 14.8. The van der Waals surface area contributed by atoms with E-state index in [9.17, 15) is 4.79 Å². The maximum Gasteiger partial charge on any atom is 0.247 e. The number of pyridine rings is 1. The number of nitrogens with zero attached hydrogens (tertiary/aromatic N) is 4. The molecule has 0 bridgehead atoms. The number of amides is 1. The third kappa shape index (κ3) is 7.73. The number of carbonyl (C=O) groups excluding carboxylic acids is 1. The number of aryl methyl sites for hydroxylation is 1. The van der Waals surface area contributed by atoms with Crippen LogP contribution in [0.3, 0.4) is 0 Å². The Labute approximate surface area is 249 Å². The van der Waals surface area contributed by atoms with Crippen LogP contribution < -0.4 is 20.1 Å². The minimum Gasteiger partial charge on any atom is -0.491 e. The third-order valence-electron chi connectivity index (χ3n) is 6.61. The monoisotopic (exact) mass is 588 g/mol. The van der Waals surface area contributed by atoms with Gasteiger partial charge in [0.15, 0.2) is 0 Å². The van der Waals surface area contributed by atoms with Gasteiger partial charge in [-0.2, -0.15) is 0 Å². The Hall–Kier alpha value is -4.25. The van der Waals surface area contributed by atoms with Gasteiger partial charge in [0.05, 0.1) is 35.3 Å². The Morgan fingerprint density at radius 2 is 2.07 bits per heavy atom. The average Bonchev–Trinajstić information content (AvgIpc) is 3.00. The molecule has 1 fully saturated rings. The van der Waals surface area contributed by atoms with Crippen molar-refractivity contribution in [1.29, 1.82) is 0 Å². The van der Waals surface area contributed by atoms with Gasteiger partial charge in [0.25, 0.3) is 0 Å². The summed E-state index contributed by atoms with van der Waals surface area (Å²) in [5, 5.41) is 7.28. The second-order valence-corrected chi connectivity index (χ2v) is 10.2. The molecule has 2 aromatic heterocycles. The smallest absolute Gasteiger partial charge is 0.247 e. The molecule has 0 spiro atoms. The van der Waals surface area contributed by atoms with Crippen molar-refractivity contribution in [3.63, 3.8) is 0 Å². The lowest BCUT2D eigenvalue weighted by molar-refractivity contribution is -0.111. The predicted molar refractivity (Wildman–Crippen MR) is 164 cm³/mol. The number of anilines is 3. The topological polar surface area (TPSA) is 111 Å². The molecule has 0 atom stereocenters. The molecule has 2 N–H and O–H groups in total. The normalized spacial score (nSPS) is 13.5. The first-order chi connectivity index (χ1) is 20.5. The highest BCUT2D eigenvalue weighted by Gasteiger charge is 2.15. The molecule has 0 aliphatic carbocycles. The zero-order chi connectivity index (χ0) is 29.3. The van der Waals surface area contributed by atoms with E-state index in [0.717, 1.165) is 43.9 Å². The summed E-state index contributed by atoms with van der Waals surface area (Å²) in [7, 11) is 0. The van der Waals surface area contributed by atoms with Crippen molar-refractivity contribution in [2.45, 2.75) is 26.4 Å². The van der Waals surface area contributed by atoms with Gasteiger partial charge >= 0.3 is 0 Å². The Morgan fingerprint density at radius 3 is 2.86 bits per heavy atom. The molecule has 0 saturated carbocycles.